The van der Waals surface area contributed by atoms with Crippen LogP contribution in [0.5, 0.6) is 0 Å². The number of fused-ring (bicyclic) bond motifs is 9. The van der Waals surface area contributed by atoms with Gasteiger partial charge in [0, 0.05) is 33.7 Å². The van der Waals surface area contributed by atoms with Gasteiger partial charge in [0.05, 0.1) is 6.20 Å². The molecular weight excluding hydrogens is 576 g/mol. The topological polar surface area (TPSA) is 64.7 Å². The van der Waals surface area contributed by atoms with Crippen LogP contribution in [0.3, 0.4) is 0 Å². The zero-order valence-electron chi connectivity index (χ0n) is 25.1. The monoisotopic (exact) mass is 600 g/mol. The summed E-state index contributed by atoms with van der Waals surface area (Å²) in [5.41, 5.74) is 4.24. The van der Waals surface area contributed by atoms with E-state index in [4.69, 9.17) is 19.4 Å². The fourth-order valence-corrected chi connectivity index (χ4v) is 6.92. The highest BCUT2D eigenvalue weighted by Crippen LogP contribution is 2.38. The molecule has 0 aliphatic carbocycles. The number of furan rings is 1. The first-order chi connectivity index (χ1) is 23.3. The van der Waals surface area contributed by atoms with Crippen LogP contribution >= 0.6 is 0 Å². The SMILES string of the molecule is c1ccc2cc(-c3nc(-c4ccc5c(ccc6ccc7ccccc7c65)c4)nc(-c4cccc5oc6cnccc6c45)n3)ccc2c1. The van der Waals surface area contributed by atoms with Gasteiger partial charge in [-0.15, -0.1) is 0 Å². The van der Waals surface area contributed by atoms with E-state index in [1.807, 2.05) is 18.2 Å². The first-order valence-corrected chi connectivity index (χ1v) is 15.6. The van der Waals surface area contributed by atoms with Crippen molar-refractivity contribution in [1.29, 1.82) is 0 Å². The van der Waals surface area contributed by atoms with Crippen LogP contribution in [0.15, 0.2) is 150 Å². The molecule has 0 N–H and O–H groups in total. The summed E-state index contributed by atoms with van der Waals surface area (Å²) >= 11 is 0. The van der Waals surface area contributed by atoms with E-state index in [0.717, 1.165) is 49.4 Å². The number of benzene rings is 7. The van der Waals surface area contributed by atoms with Crippen LogP contribution in [0.25, 0.3) is 99.2 Å². The minimum atomic E-state index is 0.591. The molecule has 0 saturated carbocycles. The molecule has 218 valence electrons. The maximum Gasteiger partial charge on any atom is 0.164 e. The van der Waals surface area contributed by atoms with Crippen molar-refractivity contribution >= 4 is 65.0 Å². The predicted octanol–water partition coefficient (Wildman–Crippen LogP) is 10.8. The Balaban J connectivity index is 1.22. The molecule has 5 nitrogen and oxygen atoms in total. The van der Waals surface area contributed by atoms with E-state index in [2.05, 4.69) is 120 Å². The summed E-state index contributed by atoms with van der Waals surface area (Å²) in [6.45, 7) is 0. The molecule has 0 spiro atoms. The Morgan fingerprint density at radius 3 is 1.94 bits per heavy atom. The zero-order valence-corrected chi connectivity index (χ0v) is 25.1. The molecule has 0 aliphatic rings. The van der Waals surface area contributed by atoms with Gasteiger partial charge in [-0.1, -0.05) is 109 Å². The lowest BCUT2D eigenvalue weighted by Gasteiger charge is -2.12. The van der Waals surface area contributed by atoms with Crippen molar-refractivity contribution in [2.75, 3.05) is 0 Å². The molecule has 10 rings (SSSR count). The third-order valence-corrected chi connectivity index (χ3v) is 9.17. The van der Waals surface area contributed by atoms with Crippen molar-refractivity contribution < 1.29 is 4.42 Å². The van der Waals surface area contributed by atoms with Crippen LogP contribution in [0.2, 0.25) is 0 Å². The van der Waals surface area contributed by atoms with Gasteiger partial charge in [-0.3, -0.25) is 4.98 Å². The van der Waals surface area contributed by atoms with Crippen LogP contribution in [0.4, 0.5) is 0 Å². The summed E-state index contributed by atoms with van der Waals surface area (Å²) in [5, 5.41) is 11.5. The van der Waals surface area contributed by atoms with Crippen molar-refractivity contribution in [3.63, 3.8) is 0 Å². The van der Waals surface area contributed by atoms with Gasteiger partial charge in [0.1, 0.15) is 5.58 Å². The molecule has 47 heavy (non-hydrogen) atoms. The molecule has 0 fully saturated rings. The smallest absolute Gasteiger partial charge is 0.164 e. The maximum absolute atomic E-state index is 6.17. The standard InChI is InChI=1S/C42H24N4O/c1-2-8-28-22-30(17-12-25(28)6-1)40-44-41(46-42(45-40)35-10-5-11-36-39(35)34-20-21-43-24-37(34)47-36)31-18-19-33-29(23-31)16-15-27-14-13-26-7-3-4-9-32(26)38(27)33/h1-24H. The number of rotatable bonds is 3. The minimum Gasteiger partial charge on any atom is -0.454 e. The second kappa shape index (κ2) is 10.0. The fraction of sp³-hybridized carbons (Fsp3) is 0. The normalized spacial score (nSPS) is 11.8. The summed E-state index contributed by atoms with van der Waals surface area (Å²) in [5.74, 6) is 1.82. The van der Waals surface area contributed by atoms with Gasteiger partial charge in [0.25, 0.3) is 0 Å². The lowest BCUT2D eigenvalue weighted by molar-refractivity contribution is 0.667. The fourth-order valence-electron chi connectivity index (χ4n) is 6.92. The molecule has 10 aromatic rings. The lowest BCUT2D eigenvalue weighted by Crippen LogP contribution is -2.00. The van der Waals surface area contributed by atoms with Gasteiger partial charge < -0.3 is 4.42 Å². The van der Waals surface area contributed by atoms with Crippen molar-refractivity contribution in [3.8, 4) is 34.2 Å². The van der Waals surface area contributed by atoms with Crippen molar-refractivity contribution in [2.24, 2.45) is 0 Å². The predicted molar refractivity (Wildman–Crippen MR) is 191 cm³/mol. The summed E-state index contributed by atoms with van der Waals surface area (Å²) < 4.78 is 6.17. The van der Waals surface area contributed by atoms with Gasteiger partial charge in [0.15, 0.2) is 23.1 Å². The minimum absolute atomic E-state index is 0.591. The number of hydrogen-bond acceptors (Lipinski definition) is 5. The van der Waals surface area contributed by atoms with E-state index in [1.165, 1.54) is 32.3 Å². The van der Waals surface area contributed by atoms with Crippen molar-refractivity contribution in [2.45, 2.75) is 0 Å². The molecule has 0 amide bonds. The Bertz CT molecular complexity index is 2870. The van der Waals surface area contributed by atoms with Crippen molar-refractivity contribution in [1.82, 2.24) is 19.9 Å². The summed E-state index contributed by atoms with van der Waals surface area (Å²) in [7, 11) is 0. The molecule has 0 saturated heterocycles. The molecule has 0 unspecified atom stereocenters. The lowest BCUT2D eigenvalue weighted by atomic mass is 9.95. The molecule has 0 bridgehead atoms. The Hall–Kier alpha value is -6.46. The molecule has 3 heterocycles. The highest BCUT2D eigenvalue weighted by atomic mass is 16.3. The quantitative estimate of drug-likeness (QED) is 0.189. The van der Waals surface area contributed by atoms with Gasteiger partial charge >= 0.3 is 0 Å². The number of hydrogen-bond donors (Lipinski definition) is 0. The van der Waals surface area contributed by atoms with Gasteiger partial charge in [-0.2, -0.15) is 0 Å². The summed E-state index contributed by atoms with van der Waals surface area (Å²) in [6.07, 6.45) is 3.54. The molecule has 5 heteroatoms. The second-order valence-corrected chi connectivity index (χ2v) is 11.9. The van der Waals surface area contributed by atoms with Crippen LogP contribution in [-0.4, -0.2) is 19.9 Å². The zero-order chi connectivity index (χ0) is 30.9. The highest BCUT2D eigenvalue weighted by Gasteiger charge is 2.18. The Labute approximate surface area is 268 Å². The van der Waals surface area contributed by atoms with E-state index >= 15 is 0 Å². The third-order valence-electron chi connectivity index (χ3n) is 9.17. The van der Waals surface area contributed by atoms with E-state index in [-0.39, 0.29) is 0 Å². The Morgan fingerprint density at radius 1 is 0.404 bits per heavy atom. The van der Waals surface area contributed by atoms with Crippen LogP contribution < -0.4 is 0 Å². The first-order valence-electron chi connectivity index (χ1n) is 15.6. The van der Waals surface area contributed by atoms with Crippen LogP contribution in [0.1, 0.15) is 0 Å². The second-order valence-electron chi connectivity index (χ2n) is 11.9. The van der Waals surface area contributed by atoms with Crippen LogP contribution in [0, 0.1) is 0 Å². The summed E-state index contributed by atoms with van der Waals surface area (Å²) in [6, 6.07) is 46.6. The average molecular weight is 601 g/mol. The Kier molecular flexibility index (Phi) is 5.51. The van der Waals surface area contributed by atoms with E-state index in [1.54, 1.807) is 12.4 Å². The van der Waals surface area contributed by atoms with E-state index in [9.17, 15) is 0 Å². The van der Waals surface area contributed by atoms with E-state index in [0.29, 0.717) is 17.5 Å². The van der Waals surface area contributed by atoms with Crippen molar-refractivity contribution in [3.05, 3.63) is 146 Å². The first kappa shape index (κ1) is 25.8. The number of pyridine rings is 1. The molecule has 0 aliphatic heterocycles. The van der Waals surface area contributed by atoms with Crippen LogP contribution in [-0.2, 0) is 0 Å². The largest absolute Gasteiger partial charge is 0.454 e. The Morgan fingerprint density at radius 2 is 1.06 bits per heavy atom. The summed E-state index contributed by atoms with van der Waals surface area (Å²) in [4.78, 5) is 19.6. The number of aromatic nitrogens is 4. The molecule has 7 aromatic carbocycles. The van der Waals surface area contributed by atoms with Gasteiger partial charge in [0.2, 0.25) is 0 Å². The number of nitrogens with zero attached hydrogens (tertiary/aromatic N) is 4. The average Bonchev–Trinajstić information content (AvgIpc) is 3.53. The molecule has 0 atom stereocenters. The van der Waals surface area contributed by atoms with E-state index < -0.39 is 0 Å². The molecule has 0 radical (unpaired) electrons. The molecule has 3 aromatic heterocycles. The third kappa shape index (κ3) is 4.10. The maximum atomic E-state index is 6.17. The van der Waals surface area contributed by atoms with Gasteiger partial charge in [-0.05, 0) is 67.4 Å². The highest BCUT2D eigenvalue weighted by molar-refractivity contribution is 6.20. The molecular formula is C42H24N4O. The van der Waals surface area contributed by atoms with Gasteiger partial charge in [-0.25, -0.2) is 15.0 Å².